The van der Waals surface area contributed by atoms with Gasteiger partial charge in [0.1, 0.15) is 17.2 Å². The van der Waals surface area contributed by atoms with Gasteiger partial charge in [-0.1, -0.05) is 12.1 Å². The Hall–Kier alpha value is -2.93. The molecule has 1 amide bonds. The van der Waals surface area contributed by atoms with Gasteiger partial charge < -0.3 is 29.2 Å². The highest BCUT2D eigenvalue weighted by Crippen LogP contribution is 2.39. The van der Waals surface area contributed by atoms with Crippen LogP contribution in [-0.2, 0) is 9.53 Å². The topological polar surface area (TPSA) is 69.3 Å². The standard InChI is InChI=1S/C24H32N2O5/c1-5-29-22-15-20(26-9-11-28-12-10-26)23(30-6-2)14-19(22)25-24(27)16-31-21-13-17(3)7-8-18(21)4/h7-8,13-15H,5-6,9-12,16H2,1-4H3,(H,25,27). The van der Waals surface area contributed by atoms with Gasteiger partial charge in [-0.05, 0) is 44.9 Å². The Kier molecular flexibility index (Phi) is 8.00. The zero-order valence-corrected chi connectivity index (χ0v) is 18.8. The second-order valence-electron chi connectivity index (χ2n) is 7.39. The average Bonchev–Trinajstić information content (AvgIpc) is 2.77. The van der Waals surface area contributed by atoms with Crippen LogP contribution in [0.15, 0.2) is 30.3 Å². The van der Waals surface area contributed by atoms with Crippen molar-refractivity contribution in [3.8, 4) is 17.2 Å². The Balaban J connectivity index is 1.78. The van der Waals surface area contributed by atoms with Gasteiger partial charge in [-0.3, -0.25) is 4.79 Å². The molecule has 3 rings (SSSR count). The zero-order chi connectivity index (χ0) is 22.2. The first-order chi connectivity index (χ1) is 15.0. The van der Waals surface area contributed by atoms with Crippen molar-refractivity contribution < 1.29 is 23.7 Å². The average molecular weight is 429 g/mol. The second kappa shape index (κ2) is 10.9. The maximum absolute atomic E-state index is 12.6. The molecule has 0 radical (unpaired) electrons. The van der Waals surface area contributed by atoms with Crippen LogP contribution >= 0.6 is 0 Å². The predicted octanol–water partition coefficient (Wildman–Crippen LogP) is 3.95. The lowest BCUT2D eigenvalue weighted by Gasteiger charge is -2.31. The lowest BCUT2D eigenvalue weighted by molar-refractivity contribution is -0.118. The maximum atomic E-state index is 12.6. The van der Waals surface area contributed by atoms with Crippen molar-refractivity contribution in [3.05, 3.63) is 41.5 Å². The van der Waals surface area contributed by atoms with Crippen LogP contribution in [0.3, 0.4) is 0 Å². The summed E-state index contributed by atoms with van der Waals surface area (Å²) in [5.41, 5.74) is 3.58. The van der Waals surface area contributed by atoms with Gasteiger partial charge in [0.05, 0.1) is 37.8 Å². The van der Waals surface area contributed by atoms with Gasteiger partial charge in [0.15, 0.2) is 6.61 Å². The maximum Gasteiger partial charge on any atom is 0.262 e. The molecule has 2 aromatic carbocycles. The van der Waals surface area contributed by atoms with Crippen LogP contribution in [0.5, 0.6) is 17.2 Å². The number of anilines is 2. The molecule has 168 valence electrons. The van der Waals surface area contributed by atoms with E-state index in [0.717, 1.165) is 29.9 Å². The van der Waals surface area contributed by atoms with Crippen LogP contribution in [0.25, 0.3) is 0 Å². The molecule has 0 aromatic heterocycles. The summed E-state index contributed by atoms with van der Waals surface area (Å²) in [6.07, 6.45) is 0. The predicted molar refractivity (Wildman–Crippen MR) is 122 cm³/mol. The van der Waals surface area contributed by atoms with E-state index in [0.29, 0.717) is 49.4 Å². The highest BCUT2D eigenvalue weighted by Gasteiger charge is 2.20. The van der Waals surface area contributed by atoms with Crippen molar-refractivity contribution in [2.24, 2.45) is 0 Å². The van der Waals surface area contributed by atoms with E-state index >= 15 is 0 Å². The number of benzene rings is 2. The fraction of sp³-hybridized carbons (Fsp3) is 0.458. The van der Waals surface area contributed by atoms with E-state index in [1.807, 2.05) is 58.0 Å². The number of carbonyl (C=O) groups is 1. The van der Waals surface area contributed by atoms with Gasteiger partial charge in [-0.2, -0.15) is 0 Å². The van der Waals surface area contributed by atoms with Crippen LogP contribution in [-0.4, -0.2) is 52.0 Å². The largest absolute Gasteiger partial charge is 0.492 e. The van der Waals surface area contributed by atoms with Crippen LogP contribution in [0.4, 0.5) is 11.4 Å². The Bertz CT molecular complexity index is 894. The third-order valence-electron chi connectivity index (χ3n) is 4.99. The van der Waals surface area contributed by atoms with E-state index in [-0.39, 0.29) is 12.5 Å². The van der Waals surface area contributed by atoms with Crippen molar-refractivity contribution >= 4 is 17.3 Å². The lowest BCUT2D eigenvalue weighted by atomic mass is 10.1. The third-order valence-corrected chi connectivity index (χ3v) is 4.99. The van der Waals surface area contributed by atoms with Crippen molar-refractivity contribution in [2.75, 3.05) is 56.3 Å². The van der Waals surface area contributed by atoms with Crippen molar-refractivity contribution in [2.45, 2.75) is 27.7 Å². The molecule has 1 aliphatic heterocycles. The van der Waals surface area contributed by atoms with E-state index in [9.17, 15) is 4.79 Å². The number of rotatable bonds is 9. The first-order valence-corrected chi connectivity index (χ1v) is 10.8. The lowest BCUT2D eigenvalue weighted by Crippen LogP contribution is -2.36. The molecule has 0 unspecified atom stereocenters. The second-order valence-corrected chi connectivity index (χ2v) is 7.39. The summed E-state index contributed by atoms with van der Waals surface area (Å²) >= 11 is 0. The summed E-state index contributed by atoms with van der Waals surface area (Å²) in [6, 6.07) is 9.69. The van der Waals surface area contributed by atoms with Crippen molar-refractivity contribution in [1.82, 2.24) is 0 Å². The smallest absolute Gasteiger partial charge is 0.262 e. The minimum atomic E-state index is -0.261. The van der Waals surface area contributed by atoms with E-state index in [2.05, 4.69) is 10.2 Å². The van der Waals surface area contributed by atoms with Crippen molar-refractivity contribution in [1.29, 1.82) is 0 Å². The fourth-order valence-electron chi connectivity index (χ4n) is 3.44. The number of hydrogen-bond acceptors (Lipinski definition) is 6. The van der Waals surface area contributed by atoms with Crippen molar-refractivity contribution in [3.63, 3.8) is 0 Å². The summed E-state index contributed by atoms with van der Waals surface area (Å²) in [5.74, 6) is 1.76. The number of nitrogens with zero attached hydrogens (tertiary/aromatic N) is 1. The van der Waals surface area contributed by atoms with Crippen LogP contribution in [0, 0.1) is 13.8 Å². The molecule has 0 aliphatic carbocycles. The minimum absolute atomic E-state index is 0.0922. The highest BCUT2D eigenvalue weighted by atomic mass is 16.5. The van der Waals surface area contributed by atoms with Gasteiger partial charge in [-0.15, -0.1) is 0 Å². The van der Waals surface area contributed by atoms with E-state index in [1.165, 1.54) is 0 Å². The molecule has 2 aromatic rings. The molecule has 0 atom stereocenters. The Morgan fingerprint density at radius 3 is 2.39 bits per heavy atom. The highest BCUT2D eigenvalue weighted by molar-refractivity contribution is 5.94. The number of aryl methyl sites for hydroxylation is 2. The van der Waals surface area contributed by atoms with Gasteiger partial charge in [0, 0.05) is 25.2 Å². The molecule has 1 N–H and O–H groups in total. The zero-order valence-electron chi connectivity index (χ0n) is 18.8. The van der Waals surface area contributed by atoms with E-state index < -0.39 is 0 Å². The first-order valence-electron chi connectivity index (χ1n) is 10.8. The van der Waals surface area contributed by atoms with Gasteiger partial charge in [0.2, 0.25) is 0 Å². The quantitative estimate of drug-likeness (QED) is 0.652. The number of nitrogens with one attached hydrogen (secondary N) is 1. The van der Waals surface area contributed by atoms with E-state index in [1.54, 1.807) is 0 Å². The molecular formula is C24H32N2O5. The Labute approximate surface area is 184 Å². The molecule has 1 fully saturated rings. The molecule has 1 heterocycles. The first kappa shape index (κ1) is 22.7. The Morgan fingerprint density at radius 2 is 1.68 bits per heavy atom. The molecule has 1 aliphatic rings. The minimum Gasteiger partial charge on any atom is -0.492 e. The van der Waals surface area contributed by atoms with Crippen LogP contribution in [0.2, 0.25) is 0 Å². The molecule has 31 heavy (non-hydrogen) atoms. The summed E-state index contributed by atoms with van der Waals surface area (Å²) in [6.45, 7) is 11.6. The summed E-state index contributed by atoms with van der Waals surface area (Å²) < 4.78 is 22.9. The fourth-order valence-corrected chi connectivity index (χ4v) is 3.44. The normalized spacial score (nSPS) is 13.6. The molecule has 0 bridgehead atoms. The SMILES string of the molecule is CCOc1cc(N2CCOCC2)c(OCC)cc1NC(=O)COc1cc(C)ccc1C. The summed E-state index contributed by atoms with van der Waals surface area (Å²) in [4.78, 5) is 14.8. The molecule has 0 spiro atoms. The number of amides is 1. The van der Waals surface area contributed by atoms with Gasteiger partial charge >= 0.3 is 0 Å². The van der Waals surface area contributed by atoms with Crippen LogP contribution < -0.4 is 24.4 Å². The van der Waals surface area contributed by atoms with Gasteiger partial charge in [0.25, 0.3) is 5.91 Å². The summed E-state index contributed by atoms with van der Waals surface area (Å²) in [7, 11) is 0. The molecule has 1 saturated heterocycles. The number of morpholine rings is 1. The van der Waals surface area contributed by atoms with Gasteiger partial charge in [-0.25, -0.2) is 0 Å². The molecule has 0 saturated carbocycles. The monoisotopic (exact) mass is 428 g/mol. The Morgan fingerprint density at radius 1 is 0.968 bits per heavy atom. The molecular weight excluding hydrogens is 396 g/mol. The van der Waals surface area contributed by atoms with Crippen LogP contribution in [0.1, 0.15) is 25.0 Å². The summed E-state index contributed by atoms with van der Waals surface area (Å²) in [5, 5.41) is 2.92. The number of ether oxygens (including phenoxy) is 4. The molecule has 7 nitrogen and oxygen atoms in total. The number of carbonyl (C=O) groups excluding carboxylic acids is 1. The van der Waals surface area contributed by atoms with E-state index in [4.69, 9.17) is 18.9 Å². The molecule has 7 heteroatoms. The number of hydrogen-bond donors (Lipinski definition) is 1. The third kappa shape index (κ3) is 6.04.